The molecule has 0 N–H and O–H groups in total. The minimum absolute atomic E-state index is 0.0806. The number of hydrogen-bond acceptors (Lipinski definition) is 3. The second-order valence-electron chi connectivity index (χ2n) is 5.70. The van der Waals surface area contributed by atoms with Crippen LogP contribution in [0.15, 0.2) is 59.5 Å². The van der Waals surface area contributed by atoms with Gasteiger partial charge in [0.25, 0.3) is 15.9 Å². The van der Waals surface area contributed by atoms with E-state index >= 15 is 0 Å². The quantitative estimate of drug-likeness (QED) is 0.737. The molecular formula is C17H18BrNO3S. The molecule has 0 saturated carbocycles. The van der Waals surface area contributed by atoms with Gasteiger partial charge in [-0.05, 0) is 45.0 Å². The van der Waals surface area contributed by atoms with Crippen LogP contribution in [0.1, 0.15) is 19.4 Å². The van der Waals surface area contributed by atoms with E-state index in [9.17, 15) is 13.2 Å². The van der Waals surface area contributed by atoms with Crippen molar-refractivity contribution in [1.82, 2.24) is 0 Å². The predicted molar refractivity (Wildman–Crippen MR) is 95.3 cm³/mol. The molecule has 0 bridgehead atoms. The van der Waals surface area contributed by atoms with Crippen molar-refractivity contribution in [2.45, 2.75) is 30.0 Å². The fourth-order valence-electron chi connectivity index (χ4n) is 1.99. The number of rotatable bonds is 4. The Labute approximate surface area is 145 Å². The Balaban J connectivity index is 2.62. The molecule has 0 atom stereocenters. The van der Waals surface area contributed by atoms with Crippen molar-refractivity contribution in [1.29, 1.82) is 0 Å². The van der Waals surface area contributed by atoms with E-state index in [2.05, 4.69) is 15.9 Å². The molecule has 2 aromatic carbocycles. The molecule has 0 heterocycles. The van der Waals surface area contributed by atoms with Crippen LogP contribution < -0.4 is 4.31 Å². The molecule has 0 fully saturated rings. The van der Waals surface area contributed by atoms with Crippen LogP contribution >= 0.6 is 15.9 Å². The van der Waals surface area contributed by atoms with Gasteiger partial charge in [0.1, 0.15) is 4.32 Å². The molecule has 1 amide bonds. The van der Waals surface area contributed by atoms with Crippen LogP contribution in [0.5, 0.6) is 0 Å². The van der Waals surface area contributed by atoms with Gasteiger partial charge < -0.3 is 0 Å². The van der Waals surface area contributed by atoms with Gasteiger partial charge in [0.15, 0.2) is 0 Å². The third kappa shape index (κ3) is 3.82. The van der Waals surface area contributed by atoms with E-state index in [4.69, 9.17) is 0 Å². The smallest absolute Gasteiger partial charge is 0.270 e. The molecule has 0 aliphatic rings. The molecule has 122 valence electrons. The number of hydrogen-bond donors (Lipinski definition) is 0. The fraction of sp³-hybridized carbons (Fsp3) is 0.235. The first-order chi connectivity index (χ1) is 10.6. The first-order valence-corrected chi connectivity index (χ1v) is 9.28. The number of sulfonamides is 1. The highest BCUT2D eigenvalue weighted by atomic mass is 79.9. The number of carbonyl (C=O) groups excluding carboxylic acids is 1. The topological polar surface area (TPSA) is 54.5 Å². The number of carbonyl (C=O) groups is 1. The summed E-state index contributed by atoms with van der Waals surface area (Å²) in [6.07, 6.45) is 0. The van der Waals surface area contributed by atoms with E-state index in [-0.39, 0.29) is 4.90 Å². The van der Waals surface area contributed by atoms with Gasteiger partial charge in [0.05, 0.1) is 10.6 Å². The van der Waals surface area contributed by atoms with Gasteiger partial charge in [-0.2, -0.15) is 0 Å². The largest absolute Gasteiger partial charge is 0.272 e. The van der Waals surface area contributed by atoms with E-state index in [1.165, 1.54) is 12.1 Å². The van der Waals surface area contributed by atoms with Crippen LogP contribution in [-0.2, 0) is 14.8 Å². The molecule has 0 aliphatic heterocycles. The predicted octanol–water partition coefficient (Wildman–Crippen LogP) is 3.89. The number of halogens is 1. The van der Waals surface area contributed by atoms with Crippen LogP contribution in [-0.4, -0.2) is 18.6 Å². The third-order valence-electron chi connectivity index (χ3n) is 3.24. The van der Waals surface area contributed by atoms with Gasteiger partial charge in [0, 0.05) is 0 Å². The Morgan fingerprint density at radius 1 is 1.00 bits per heavy atom. The van der Waals surface area contributed by atoms with Crippen molar-refractivity contribution in [3.8, 4) is 0 Å². The average Bonchev–Trinajstić information content (AvgIpc) is 2.47. The van der Waals surface area contributed by atoms with Crippen LogP contribution in [0.25, 0.3) is 0 Å². The van der Waals surface area contributed by atoms with Gasteiger partial charge in [0.2, 0.25) is 0 Å². The van der Waals surface area contributed by atoms with Crippen molar-refractivity contribution in [2.24, 2.45) is 0 Å². The zero-order valence-electron chi connectivity index (χ0n) is 13.2. The first kappa shape index (κ1) is 17.7. The lowest BCUT2D eigenvalue weighted by Gasteiger charge is -2.28. The highest BCUT2D eigenvalue weighted by Crippen LogP contribution is 2.29. The van der Waals surface area contributed by atoms with Crippen LogP contribution in [0, 0.1) is 6.92 Å². The van der Waals surface area contributed by atoms with Gasteiger partial charge >= 0.3 is 0 Å². The summed E-state index contributed by atoms with van der Waals surface area (Å²) in [5.41, 5.74) is 1.26. The standard InChI is InChI=1S/C17H18BrNO3S/c1-13-9-11-15(12-10-13)23(21,22)19(16(20)17(2,3)18)14-7-5-4-6-8-14/h4-12H,1-3H3. The number of anilines is 1. The number of benzene rings is 2. The Bertz CT molecular complexity index is 794. The Morgan fingerprint density at radius 2 is 1.52 bits per heavy atom. The molecule has 0 radical (unpaired) electrons. The average molecular weight is 396 g/mol. The summed E-state index contributed by atoms with van der Waals surface area (Å²) in [4.78, 5) is 12.8. The minimum Gasteiger partial charge on any atom is -0.272 e. The Morgan fingerprint density at radius 3 is 2.00 bits per heavy atom. The summed E-state index contributed by atoms with van der Waals surface area (Å²) in [7, 11) is -4.00. The molecule has 0 aliphatic carbocycles. The molecule has 0 aromatic heterocycles. The molecule has 0 saturated heterocycles. The number of amides is 1. The van der Waals surface area contributed by atoms with Gasteiger partial charge in [-0.25, -0.2) is 12.7 Å². The Hall–Kier alpha value is -1.66. The zero-order chi connectivity index (χ0) is 17.3. The summed E-state index contributed by atoms with van der Waals surface area (Å²) in [5.74, 6) is -0.552. The second kappa shape index (κ2) is 6.45. The van der Waals surface area contributed by atoms with Crippen molar-refractivity contribution >= 4 is 37.5 Å². The van der Waals surface area contributed by atoms with Crippen molar-refractivity contribution in [2.75, 3.05) is 4.31 Å². The Kier molecular flexibility index (Phi) is 4.96. The lowest BCUT2D eigenvalue weighted by Crippen LogP contribution is -2.45. The van der Waals surface area contributed by atoms with Gasteiger partial charge in [-0.3, -0.25) is 4.79 Å². The lowest BCUT2D eigenvalue weighted by molar-refractivity contribution is -0.118. The van der Waals surface area contributed by atoms with Crippen LogP contribution in [0.2, 0.25) is 0 Å². The highest BCUT2D eigenvalue weighted by molar-refractivity contribution is 9.10. The maximum atomic E-state index is 13.0. The summed E-state index contributed by atoms with van der Waals surface area (Å²) < 4.78 is 25.9. The molecule has 23 heavy (non-hydrogen) atoms. The van der Waals surface area contributed by atoms with Crippen molar-refractivity contribution in [3.63, 3.8) is 0 Å². The van der Waals surface area contributed by atoms with Crippen LogP contribution in [0.3, 0.4) is 0 Å². The second-order valence-corrected chi connectivity index (χ2v) is 9.46. The maximum Gasteiger partial charge on any atom is 0.270 e. The lowest BCUT2D eigenvalue weighted by atomic mass is 10.2. The minimum atomic E-state index is -4.00. The molecular weight excluding hydrogens is 378 g/mol. The maximum absolute atomic E-state index is 13.0. The summed E-state index contributed by atoms with van der Waals surface area (Å²) in [5, 5.41) is 0. The zero-order valence-corrected chi connectivity index (χ0v) is 15.6. The van der Waals surface area contributed by atoms with E-state index in [0.717, 1.165) is 9.87 Å². The normalized spacial score (nSPS) is 12.0. The third-order valence-corrected chi connectivity index (χ3v) is 5.31. The molecule has 4 nitrogen and oxygen atoms in total. The summed E-state index contributed by atoms with van der Waals surface area (Å²) in [6, 6.07) is 14.8. The summed E-state index contributed by atoms with van der Waals surface area (Å²) >= 11 is 3.26. The number of aryl methyl sites for hydroxylation is 1. The van der Waals surface area contributed by atoms with E-state index < -0.39 is 20.3 Å². The molecule has 2 aromatic rings. The van der Waals surface area contributed by atoms with E-state index in [1.54, 1.807) is 56.3 Å². The number of para-hydroxylation sites is 1. The highest BCUT2D eigenvalue weighted by Gasteiger charge is 2.38. The van der Waals surface area contributed by atoms with Gasteiger partial charge in [-0.1, -0.05) is 51.8 Å². The van der Waals surface area contributed by atoms with E-state index in [1.807, 2.05) is 6.92 Å². The first-order valence-electron chi connectivity index (χ1n) is 7.04. The summed E-state index contributed by atoms with van der Waals surface area (Å²) in [6.45, 7) is 5.12. The van der Waals surface area contributed by atoms with Crippen molar-refractivity contribution < 1.29 is 13.2 Å². The van der Waals surface area contributed by atoms with E-state index in [0.29, 0.717) is 5.69 Å². The van der Waals surface area contributed by atoms with Crippen molar-refractivity contribution in [3.05, 3.63) is 60.2 Å². The number of nitrogens with zero attached hydrogens (tertiary/aromatic N) is 1. The molecule has 2 rings (SSSR count). The molecule has 0 unspecified atom stereocenters. The van der Waals surface area contributed by atoms with Gasteiger partial charge in [-0.15, -0.1) is 0 Å². The fourth-order valence-corrected chi connectivity index (χ4v) is 3.82. The SMILES string of the molecule is Cc1ccc(S(=O)(=O)N(C(=O)C(C)(C)Br)c2ccccc2)cc1. The van der Waals surface area contributed by atoms with Crippen LogP contribution in [0.4, 0.5) is 5.69 Å². The molecule has 6 heteroatoms. The molecule has 0 spiro atoms. The monoisotopic (exact) mass is 395 g/mol. The number of alkyl halides is 1.